The van der Waals surface area contributed by atoms with Crippen molar-refractivity contribution in [1.82, 2.24) is 0 Å². The molecule has 0 heterocycles. The molecule has 0 spiro atoms. The Bertz CT molecular complexity index is 1050. The lowest BCUT2D eigenvalue weighted by Gasteiger charge is -2.70. The summed E-state index contributed by atoms with van der Waals surface area (Å²) in [4.78, 5) is 39.7. The van der Waals surface area contributed by atoms with Crippen LogP contribution in [0.3, 0.4) is 0 Å². The smallest absolute Gasteiger partial charge is 0.162 e. The maximum Gasteiger partial charge on any atom is 0.162 e. The first-order valence-corrected chi connectivity index (χ1v) is 13.6. The van der Waals surface area contributed by atoms with Crippen LogP contribution in [-0.4, -0.2) is 39.8 Å². The summed E-state index contributed by atoms with van der Waals surface area (Å²) < 4.78 is 0. The molecule has 5 aliphatic rings. The Morgan fingerprint density at radius 1 is 0.743 bits per heavy atom. The summed E-state index contributed by atoms with van der Waals surface area (Å²) in [5.41, 5.74) is -2.27. The number of aliphatic hydroxyl groups excluding tert-OH is 2. The second-order valence-electron chi connectivity index (χ2n) is 15.1. The van der Waals surface area contributed by atoms with E-state index in [1.54, 1.807) is 0 Å². The van der Waals surface area contributed by atoms with Crippen LogP contribution < -0.4 is 0 Å². The molecule has 5 aliphatic carbocycles. The largest absolute Gasteiger partial charge is 0.393 e. The lowest BCUT2D eigenvalue weighted by Crippen LogP contribution is -2.70. The molecular formula is C30H44O5. The predicted octanol–water partition coefficient (Wildman–Crippen LogP) is 4.68. The van der Waals surface area contributed by atoms with Crippen molar-refractivity contribution < 1.29 is 24.6 Å². The second kappa shape index (κ2) is 6.95. The molecule has 35 heavy (non-hydrogen) atoms. The van der Waals surface area contributed by atoms with Crippen molar-refractivity contribution in [3.05, 3.63) is 11.6 Å². The van der Waals surface area contributed by atoms with Gasteiger partial charge >= 0.3 is 0 Å². The summed E-state index contributed by atoms with van der Waals surface area (Å²) in [7, 11) is 0. The lowest BCUT2D eigenvalue weighted by atomic mass is 9.33. The zero-order valence-electron chi connectivity index (χ0n) is 22.8. The van der Waals surface area contributed by atoms with Crippen molar-refractivity contribution in [2.24, 2.45) is 50.2 Å². The van der Waals surface area contributed by atoms with Crippen LogP contribution in [0.15, 0.2) is 11.6 Å². The highest BCUT2D eigenvalue weighted by atomic mass is 16.3. The van der Waals surface area contributed by atoms with Gasteiger partial charge in [0.25, 0.3) is 0 Å². The summed E-state index contributed by atoms with van der Waals surface area (Å²) in [5.74, 6) is -0.0706. The van der Waals surface area contributed by atoms with Crippen LogP contribution in [0.1, 0.15) is 93.9 Å². The Kier molecular flexibility index (Phi) is 5.03. The van der Waals surface area contributed by atoms with Gasteiger partial charge in [0, 0.05) is 35.0 Å². The first kappa shape index (κ1) is 25.3. The minimum absolute atomic E-state index is 0.0242. The van der Waals surface area contributed by atoms with Crippen LogP contribution in [0.5, 0.6) is 0 Å². The second-order valence-corrected chi connectivity index (χ2v) is 15.1. The van der Waals surface area contributed by atoms with Gasteiger partial charge in [-0.1, -0.05) is 61.0 Å². The summed E-state index contributed by atoms with van der Waals surface area (Å²) in [6.45, 7) is 16.4. The van der Waals surface area contributed by atoms with E-state index in [1.807, 2.05) is 40.7 Å². The maximum atomic E-state index is 13.8. The Morgan fingerprint density at radius 3 is 1.94 bits per heavy atom. The summed E-state index contributed by atoms with van der Waals surface area (Å²) in [5, 5.41) is 23.6. The number of carbonyl (C=O) groups is 3. The van der Waals surface area contributed by atoms with E-state index in [-0.39, 0.29) is 41.5 Å². The number of carbonyl (C=O) groups excluding carboxylic acids is 3. The Balaban J connectivity index is 1.68. The SMILES string of the molecule is CC1(C)C[C@@H]2[C@](C)(CC1=O)C(=O)C=C1[C@]3(C)C[C@H](O)[C@H]4C(C)(C)C(=O)CC[C@@]4(C)[C@H]3[C@H](O)C[C@]12C. The Morgan fingerprint density at radius 2 is 1.31 bits per heavy atom. The average molecular weight is 485 g/mol. The van der Waals surface area contributed by atoms with E-state index in [2.05, 4.69) is 20.8 Å². The number of allylic oxidation sites excluding steroid dienone is 2. The number of fused-ring (bicyclic) bond motifs is 7. The van der Waals surface area contributed by atoms with Crippen LogP contribution in [0.4, 0.5) is 0 Å². The van der Waals surface area contributed by atoms with Gasteiger partial charge in [0.1, 0.15) is 11.6 Å². The van der Waals surface area contributed by atoms with E-state index in [9.17, 15) is 24.6 Å². The Labute approximate surface area is 210 Å². The summed E-state index contributed by atoms with van der Waals surface area (Å²) in [6.07, 6.45) is 3.48. The monoisotopic (exact) mass is 484 g/mol. The van der Waals surface area contributed by atoms with Crippen molar-refractivity contribution >= 4 is 17.3 Å². The first-order valence-electron chi connectivity index (χ1n) is 13.6. The molecule has 0 bridgehead atoms. The third-order valence-electron chi connectivity index (χ3n) is 12.1. The normalized spacial score (nSPS) is 52.6. The number of aliphatic hydroxyl groups is 2. The number of hydrogen-bond donors (Lipinski definition) is 2. The molecular weight excluding hydrogens is 440 g/mol. The molecule has 9 atom stereocenters. The molecule has 4 fully saturated rings. The molecule has 5 rings (SSSR count). The van der Waals surface area contributed by atoms with Gasteiger partial charge in [-0.25, -0.2) is 0 Å². The molecule has 0 radical (unpaired) electrons. The molecule has 0 amide bonds. The highest BCUT2D eigenvalue weighted by molar-refractivity contribution is 6.02. The van der Waals surface area contributed by atoms with E-state index in [0.717, 1.165) is 5.57 Å². The number of hydrogen-bond acceptors (Lipinski definition) is 5. The lowest BCUT2D eigenvalue weighted by molar-refractivity contribution is -0.225. The molecule has 0 aromatic carbocycles. The van der Waals surface area contributed by atoms with Gasteiger partial charge in [0.05, 0.1) is 12.2 Å². The van der Waals surface area contributed by atoms with Gasteiger partial charge in [-0.3, -0.25) is 14.4 Å². The van der Waals surface area contributed by atoms with E-state index in [1.165, 1.54) is 0 Å². The van der Waals surface area contributed by atoms with Crippen molar-refractivity contribution in [3.63, 3.8) is 0 Å². The molecule has 0 saturated heterocycles. The number of Topliss-reactive ketones (excluding diaryl/α,β-unsaturated/α-hetero) is 2. The fourth-order valence-electron chi connectivity index (χ4n) is 10.7. The highest BCUT2D eigenvalue weighted by Gasteiger charge is 2.72. The highest BCUT2D eigenvalue weighted by Crippen LogP contribution is 2.74. The zero-order chi connectivity index (χ0) is 26.1. The molecule has 4 saturated carbocycles. The van der Waals surface area contributed by atoms with Crippen molar-refractivity contribution in [1.29, 1.82) is 0 Å². The first-order chi connectivity index (χ1) is 15.9. The van der Waals surface area contributed by atoms with Crippen molar-refractivity contribution in [2.45, 2.75) is 106 Å². The fraction of sp³-hybridized carbons (Fsp3) is 0.833. The van der Waals surface area contributed by atoms with E-state index in [4.69, 9.17) is 0 Å². The standard InChI is InChI=1S/C30H44O5/c1-25(2)14-19-28(6)12-17(32)24-27(5)10-9-20(33)26(3,4)23(27)16(31)13-30(24,8)18(28)11-21(34)29(19,7)15-22(25)35/h11,16-17,19,23-24,31-32H,9-10,12-15H2,1-8H3/t16-,17+,19-,23-,24+,27+,28+,29-,30-/m0/s1. The molecule has 5 heteroatoms. The average Bonchev–Trinajstić information content (AvgIpc) is 2.69. The van der Waals surface area contributed by atoms with E-state index < -0.39 is 44.7 Å². The third-order valence-corrected chi connectivity index (χ3v) is 12.1. The van der Waals surface area contributed by atoms with Gasteiger partial charge in [-0.15, -0.1) is 0 Å². The molecule has 194 valence electrons. The van der Waals surface area contributed by atoms with Crippen molar-refractivity contribution in [2.75, 3.05) is 0 Å². The van der Waals surface area contributed by atoms with Crippen LogP contribution in [0.2, 0.25) is 0 Å². The summed E-state index contributed by atoms with van der Waals surface area (Å²) >= 11 is 0. The van der Waals surface area contributed by atoms with Gasteiger partial charge in [-0.05, 0) is 59.8 Å². The van der Waals surface area contributed by atoms with Gasteiger partial charge in [-0.2, -0.15) is 0 Å². The topological polar surface area (TPSA) is 91.7 Å². The maximum absolute atomic E-state index is 13.8. The third kappa shape index (κ3) is 2.92. The van der Waals surface area contributed by atoms with Gasteiger partial charge in [0.15, 0.2) is 5.78 Å². The van der Waals surface area contributed by atoms with Gasteiger partial charge < -0.3 is 10.2 Å². The van der Waals surface area contributed by atoms with Crippen LogP contribution >= 0.6 is 0 Å². The van der Waals surface area contributed by atoms with Crippen molar-refractivity contribution in [3.8, 4) is 0 Å². The summed E-state index contributed by atoms with van der Waals surface area (Å²) in [6, 6.07) is 0. The molecule has 0 unspecified atom stereocenters. The quantitative estimate of drug-likeness (QED) is 0.521. The molecule has 2 N–H and O–H groups in total. The molecule has 0 aliphatic heterocycles. The van der Waals surface area contributed by atoms with Gasteiger partial charge in [0.2, 0.25) is 0 Å². The number of ketones is 3. The van der Waals surface area contributed by atoms with Crippen LogP contribution in [0.25, 0.3) is 0 Å². The van der Waals surface area contributed by atoms with E-state index >= 15 is 0 Å². The zero-order valence-corrected chi connectivity index (χ0v) is 22.8. The van der Waals surface area contributed by atoms with Crippen LogP contribution in [0, 0.1) is 50.2 Å². The van der Waals surface area contributed by atoms with E-state index in [0.29, 0.717) is 32.1 Å². The molecule has 0 aromatic rings. The fourth-order valence-corrected chi connectivity index (χ4v) is 10.7. The Hall–Kier alpha value is -1.33. The minimum Gasteiger partial charge on any atom is -0.393 e. The minimum atomic E-state index is -0.757. The molecule has 5 nitrogen and oxygen atoms in total. The number of rotatable bonds is 0. The molecule has 0 aromatic heterocycles. The predicted molar refractivity (Wildman–Crippen MR) is 133 cm³/mol. The van der Waals surface area contributed by atoms with Crippen LogP contribution in [-0.2, 0) is 14.4 Å².